The minimum absolute atomic E-state index is 0.0314. The van der Waals surface area contributed by atoms with E-state index in [1.165, 1.54) is 4.90 Å². The van der Waals surface area contributed by atoms with Crippen molar-refractivity contribution >= 4 is 17.8 Å². The molecule has 1 aromatic carbocycles. The van der Waals surface area contributed by atoms with Crippen molar-refractivity contribution in [2.24, 2.45) is 11.8 Å². The number of hydrogen-bond donors (Lipinski definition) is 0. The topological polar surface area (TPSA) is 63.7 Å². The quantitative estimate of drug-likeness (QED) is 0.479. The molecule has 2 aliphatic rings. The van der Waals surface area contributed by atoms with E-state index in [1.807, 2.05) is 32.9 Å². The number of imide groups is 1. The number of hydrogen-bond acceptors (Lipinski definition) is 4. The van der Waals surface area contributed by atoms with Crippen LogP contribution < -0.4 is 4.74 Å². The number of ether oxygens (including phenoxy) is 1. The fourth-order valence-corrected chi connectivity index (χ4v) is 4.15. The lowest BCUT2D eigenvalue weighted by molar-refractivity contribution is -0.141. The maximum absolute atomic E-state index is 12.4. The maximum atomic E-state index is 12.4. The van der Waals surface area contributed by atoms with Crippen molar-refractivity contribution in [1.29, 1.82) is 0 Å². The van der Waals surface area contributed by atoms with E-state index in [0.29, 0.717) is 5.75 Å². The summed E-state index contributed by atoms with van der Waals surface area (Å²) in [6, 6.07) is 3.93. The van der Waals surface area contributed by atoms with Gasteiger partial charge in [-0.25, -0.2) is 0 Å². The summed E-state index contributed by atoms with van der Waals surface area (Å²) in [5, 5.41) is 0. The van der Waals surface area contributed by atoms with Gasteiger partial charge in [-0.3, -0.25) is 19.3 Å². The number of fused-ring (bicyclic) bond motifs is 1. The summed E-state index contributed by atoms with van der Waals surface area (Å²) >= 11 is 0. The first-order chi connectivity index (χ1) is 11.9. The third-order valence-electron chi connectivity index (χ3n) is 5.29. The fraction of sp³-hybridized carbons (Fsp3) is 0.550. The van der Waals surface area contributed by atoms with Gasteiger partial charge in [0.05, 0.1) is 18.3 Å². The Hall–Kier alpha value is -2.17. The van der Waals surface area contributed by atoms with Gasteiger partial charge in [0.25, 0.3) is 0 Å². The summed E-state index contributed by atoms with van der Waals surface area (Å²) in [5.41, 5.74) is 2.93. The van der Waals surface area contributed by atoms with Gasteiger partial charge in [-0.15, -0.1) is 0 Å². The molecule has 0 N–H and O–H groups in total. The number of amides is 2. The minimum Gasteiger partial charge on any atom is -0.426 e. The van der Waals surface area contributed by atoms with Crippen LogP contribution in [0.4, 0.5) is 0 Å². The molecule has 1 saturated carbocycles. The number of nitrogens with zero attached hydrogens (tertiary/aromatic N) is 1. The number of likely N-dealkylation sites (tertiary alicyclic amines) is 1. The lowest BCUT2D eigenvalue weighted by Gasteiger charge is -2.19. The van der Waals surface area contributed by atoms with Gasteiger partial charge in [-0.2, -0.15) is 0 Å². The first-order valence-corrected chi connectivity index (χ1v) is 9.02. The van der Waals surface area contributed by atoms with E-state index in [0.717, 1.165) is 42.4 Å². The summed E-state index contributed by atoms with van der Waals surface area (Å²) in [7, 11) is 0. The summed E-state index contributed by atoms with van der Waals surface area (Å²) in [6.45, 7) is 5.92. The molecular formula is C20H25NO4. The Bertz CT molecular complexity index is 677. The van der Waals surface area contributed by atoms with Crippen LogP contribution in [0.1, 0.15) is 48.8 Å². The Morgan fingerprint density at radius 3 is 2.08 bits per heavy atom. The van der Waals surface area contributed by atoms with E-state index < -0.39 is 5.97 Å². The summed E-state index contributed by atoms with van der Waals surface area (Å²) in [6.07, 6.45) is 3.61. The average molecular weight is 343 g/mol. The fourth-order valence-electron chi connectivity index (χ4n) is 4.15. The lowest BCUT2D eigenvalue weighted by atomic mass is 9.81. The zero-order valence-electron chi connectivity index (χ0n) is 15.1. The van der Waals surface area contributed by atoms with Gasteiger partial charge in [-0.1, -0.05) is 30.5 Å². The Morgan fingerprint density at radius 1 is 1.04 bits per heavy atom. The van der Waals surface area contributed by atoms with E-state index in [4.69, 9.17) is 4.74 Å². The largest absolute Gasteiger partial charge is 0.426 e. The van der Waals surface area contributed by atoms with Crippen LogP contribution in [0.3, 0.4) is 0 Å². The van der Waals surface area contributed by atoms with Crippen LogP contribution in [0.2, 0.25) is 0 Å². The van der Waals surface area contributed by atoms with Crippen LogP contribution >= 0.6 is 0 Å². The van der Waals surface area contributed by atoms with Crippen molar-refractivity contribution in [1.82, 2.24) is 4.90 Å². The molecule has 1 aliphatic carbocycles. The molecule has 0 unspecified atom stereocenters. The summed E-state index contributed by atoms with van der Waals surface area (Å²) in [4.78, 5) is 38.3. The normalized spacial score (nSPS) is 22.9. The standard InChI is InChI=1S/C20H25NO4/c1-12-10-13(2)18(14(3)11-12)25-17(22)8-9-21-19(23)15-6-4-5-7-16(15)20(21)24/h10-11,15-16H,4-9H2,1-3H3/t15-,16+. The van der Waals surface area contributed by atoms with Crippen LogP contribution in [-0.4, -0.2) is 29.2 Å². The Balaban J connectivity index is 1.61. The molecule has 2 fully saturated rings. The molecule has 25 heavy (non-hydrogen) atoms. The predicted octanol–water partition coefficient (Wildman–Crippen LogP) is 3.08. The molecule has 5 nitrogen and oxygen atoms in total. The Kier molecular flexibility index (Phi) is 4.93. The summed E-state index contributed by atoms with van der Waals surface area (Å²) in [5.74, 6) is -0.387. The van der Waals surface area contributed by atoms with Gasteiger partial charge in [0.15, 0.2) is 0 Å². The van der Waals surface area contributed by atoms with Gasteiger partial charge in [-0.05, 0) is 44.7 Å². The first kappa shape index (κ1) is 17.6. The highest BCUT2D eigenvalue weighted by Crippen LogP contribution is 2.38. The number of carbonyl (C=O) groups excluding carboxylic acids is 3. The monoisotopic (exact) mass is 343 g/mol. The van der Waals surface area contributed by atoms with E-state index in [-0.39, 0.29) is 36.6 Å². The van der Waals surface area contributed by atoms with Crippen molar-refractivity contribution in [2.45, 2.75) is 52.9 Å². The van der Waals surface area contributed by atoms with E-state index in [9.17, 15) is 14.4 Å². The molecule has 0 spiro atoms. The molecule has 0 bridgehead atoms. The smallest absolute Gasteiger partial charge is 0.313 e. The third kappa shape index (κ3) is 3.46. The average Bonchev–Trinajstić information content (AvgIpc) is 2.81. The SMILES string of the molecule is Cc1cc(C)c(OC(=O)CCN2C(=O)[C@H]3CCCC[C@H]3C2=O)c(C)c1. The van der Waals surface area contributed by atoms with Crippen LogP contribution in [0, 0.1) is 32.6 Å². The maximum Gasteiger partial charge on any atom is 0.313 e. The van der Waals surface area contributed by atoms with Crippen molar-refractivity contribution in [2.75, 3.05) is 6.54 Å². The highest BCUT2D eigenvalue weighted by atomic mass is 16.5. The molecule has 1 aliphatic heterocycles. The number of benzene rings is 1. The Labute approximate surface area is 148 Å². The van der Waals surface area contributed by atoms with Crippen molar-refractivity contribution in [3.8, 4) is 5.75 Å². The lowest BCUT2D eigenvalue weighted by Crippen LogP contribution is -2.33. The minimum atomic E-state index is -0.412. The molecule has 1 saturated heterocycles. The highest BCUT2D eigenvalue weighted by Gasteiger charge is 2.47. The molecule has 2 amide bonds. The molecule has 2 atom stereocenters. The van der Waals surface area contributed by atoms with Gasteiger partial charge >= 0.3 is 5.97 Å². The third-order valence-corrected chi connectivity index (χ3v) is 5.29. The van der Waals surface area contributed by atoms with E-state index in [1.54, 1.807) is 0 Å². The van der Waals surface area contributed by atoms with Crippen molar-refractivity contribution in [3.05, 3.63) is 28.8 Å². The molecule has 3 rings (SSSR count). The van der Waals surface area contributed by atoms with E-state index in [2.05, 4.69) is 0 Å². The first-order valence-electron chi connectivity index (χ1n) is 9.02. The molecule has 1 aromatic rings. The zero-order chi connectivity index (χ0) is 18.1. The summed E-state index contributed by atoms with van der Waals surface area (Å²) < 4.78 is 5.49. The second-order valence-corrected chi connectivity index (χ2v) is 7.28. The molecule has 134 valence electrons. The zero-order valence-corrected chi connectivity index (χ0v) is 15.1. The number of carbonyl (C=O) groups is 3. The molecule has 1 heterocycles. The second-order valence-electron chi connectivity index (χ2n) is 7.28. The van der Waals surface area contributed by atoms with Gasteiger partial charge in [0.2, 0.25) is 11.8 Å². The molecule has 0 radical (unpaired) electrons. The highest BCUT2D eigenvalue weighted by molar-refractivity contribution is 6.05. The van der Waals surface area contributed by atoms with Gasteiger partial charge < -0.3 is 4.74 Å². The number of rotatable bonds is 4. The number of esters is 1. The molecular weight excluding hydrogens is 318 g/mol. The molecule has 5 heteroatoms. The van der Waals surface area contributed by atoms with Crippen LogP contribution in [0.15, 0.2) is 12.1 Å². The second kappa shape index (κ2) is 6.98. The van der Waals surface area contributed by atoms with Gasteiger partial charge in [0.1, 0.15) is 5.75 Å². The predicted molar refractivity (Wildman–Crippen MR) is 93.1 cm³/mol. The van der Waals surface area contributed by atoms with Crippen molar-refractivity contribution in [3.63, 3.8) is 0 Å². The van der Waals surface area contributed by atoms with Crippen LogP contribution in [-0.2, 0) is 14.4 Å². The molecule has 0 aromatic heterocycles. The number of aryl methyl sites for hydroxylation is 3. The van der Waals surface area contributed by atoms with Crippen LogP contribution in [0.25, 0.3) is 0 Å². The van der Waals surface area contributed by atoms with Gasteiger partial charge in [0, 0.05) is 6.54 Å². The van der Waals surface area contributed by atoms with Crippen molar-refractivity contribution < 1.29 is 19.1 Å². The van der Waals surface area contributed by atoms with E-state index >= 15 is 0 Å². The Morgan fingerprint density at radius 2 is 1.56 bits per heavy atom. The van der Waals surface area contributed by atoms with Crippen LogP contribution in [0.5, 0.6) is 5.75 Å².